The molecule has 0 aromatic carbocycles. The van der Waals surface area contributed by atoms with Gasteiger partial charge in [-0.3, -0.25) is 0 Å². The lowest BCUT2D eigenvalue weighted by Crippen LogP contribution is -1.75. The van der Waals surface area contributed by atoms with Crippen LogP contribution >= 0.6 is 12.6 Å². The van der Waals surface area contributed by atoms with Crippen LogP contribution in [0.1, 0.15) is 6.92 Å². The molecule has 0 heterocycles. The van der Waals surface area contributed by atoms with E-state index in [1.54, 1.807) is 6.08 Å². The Kier molecular flexibility index (Phi) is 5.43. The summed E-state index contributed by atoms with van der Waals surface area (Å²) in [4.78, 5) is 0. The van der Waals surface area contributed by atoms with E-state index >= 15 is 0 Å². The maximum Gasteiger partial charge on any atom is 0.0154 e. The van der Waals surface area contributed by atoms with E-state index < -0.39 is 0 Å². The second kappa shape index (κ2) is 5.70. The number of hydrogen-bond donors (Lipinski definition) is 1. The Labute approximate surface area is 62.4 Å². The highest BCUT2D eigenvalue weighted by molar-refractivity contribution is 7.80. The van der Waals surface area contributed by atoms with Crippen LogP contribution in [0.15, 0.2) is 36.5 Å². The summed E-state index contributed by atoms with van der Waals surface area (Å²) in [5.74, 6) is 0.774. The minimum absolute atomic E-state index is 0.774. The van der Waals surface area contributed by atoms with E-state index in [9.17, 15) is 0 Å². The summed E-state index contributed by atoms with van der Waals surface area (Å²) in [5, 5.41) is 0. The first-order valence-electron chi connectivity index (χ1n) is 2.90. The van der Waals surface area contributed by atoms with Crippen LogP contribution < -0.4 is 0 Å². The van der Waals surface area contributed by atoms with Gasteiger partial charge in [-0.05, 0) is 12.5 Å². The van der Waals surface area contributed by atoms with Crippen molar-refractivity contribution >= 4 is 12.6 Å². The molecule has 0 bridgehead atoms. The summed E-state index contributed by atoms with van der Waals surface area (Å²) in [6.45, 7) is 5.57. The molecule has 0 fully saturated rings. The quantitative estimate of drug-likeness (QED) is 0.452. The lowest BCUT2D eigenvalue weighted by molar-refractivity contribution is 1.53. The van der Waals surface area contributed by atoms with Crippen LogP contribution in [0, 0.1) is 0 Å². The average molecular weight is 140 g/mol. The molecule has 0 aliphatic carbocycles. The molecule has 0 unspecified atom stereocenters. The zero-order chi connectivity index (χ0) is 7.11. The minimum atomic E-state index is 0.774. The van der Waals surface area contributed by atoms with E-state index in [0.717, 1.165) is 5.75 Å². The van der Waals surface area contributed by atoms with Crippen molar-refractivity contribution in [2.75, 3.05) is 5.75 Å². The monoisotopic (exact) mass is 140 g/mol. The Bertz CT molecular complexity index is 132. The number of thiol groups is 1. The Morgan fingerprint density at radius 3 is 2.67 bits per heavy atom. The summed E-state index contributed by atoms with van der Waals surface area (Å²) in [5.41, 5.74) is 1.19. The van der Waals surface area contributed by atoms with Gasteiger partial charge in [-0.15, -0.1) is 0 Å². The van der Waals surface area contributed by atoms with Gasteiger partial charge in [-0.1, -0.05) is 30.9 Å². The fourth-order valence-corrected chi connectivity index (χ4v) is 0.737. The van der Waals surface area contributed by atoms with Crippen molar-refractivity contribution in [3.05, 3.63) is 36.5 Å². The number of hydrogen-bond acceptors (Lipinski definition) is 1. The lowest BCUT2D eigenvalue weighted by atomic mass is 10.2. The standard InChI is InChI=1S/C8H12S/c1-3-5-8(7-9)6-4-2/h3-6,9H,1,7H2,2H3/b6-4-,8-5+. The molecule has 50 valence electrons. The zero-order valence-corrected chi connectivity index (χ0v) is 6.57. The van der Waals surface area contributed by atoms with E-state index in [4.69, 9.17) is 0 Å². The molecule has 9 heavy (non-hydrogen) atoms. The van der Waals surface area contributed by atoms with Gasteiger partial charge in [0.1, 0.15) is 0 Å². The summed E-state index contributed by atoms with van der Waals surface area (Å²) in [6, 6.07) is 0. The van der Waals surface area contributed by atoms with Crippen molar-refractivity contribution in [2.45, 2.75) is 6.92 Å². The molecule has 1 heteroatoms. The predicted molar refractivity (Wildman–Crippen MR) is 46.9 cm³/mol. The zero-order valence-electron chi connectivity index (χ0n) is 5.67. The van der Waals surface area contributed by atoms with Crippen LogP contribution in [-0.2, 0) is 0 Å². The van der Waals surface area contributed by atoms with Gasteiger partial charge in [0, 0.05) is 5.75 Å². The van der Waals surface area contributed by atoms with Crippen molar-refractivity contribution in [3.63, 3.8) is 0 Å². The van der Waals surface area contributed by atoms with Crippen molar-refractivity contribution in [1.29, 1.82) is 0 Å². The maximum absolute atomic E-state index is 4.12. The molecular formula is C8H12S. The van der Waals surface area contributed by atoms with E-state index in [1.165, 1.54) is 5.57 Å². The van der Waals surface area contributed by atoms with Gasteiger partial charge >= 0.3 is 0 Å². The Morgan fingerprint density at radius 1 is 1.67 bits per heavy atom. The van der Waals surface area contributed by atoms with E-state index in [2.05, 4.69) is 19.2 Å². The average Bonchev–Trinajstić information content (AvgIpc) is 1.88. The normalized spacial score (nSPS) is 12.4. The molecule has 0 N–H and O–H groups in total. The largest absolute Gasteiger partial charge is 0.175 e. The molecule has 0 aliphatic rings. The molecule has 0 aromatic heterocycles. The van der Waals surface area contributed by atoms with Crippen LogP contribution in [-0.4, -0.2) is 5.75 Å². The maximum atomic E-state index is 4.12. The SMILES string of the molecule is C=C/C=C(\C=C/C)CS. The van der Waals surface area contributed by atoms with Crippen LogP contribution in [0.25, 0.3) is 0 Å². The first-order chi connectivity index (χ1) is 4.35. The molecule has 0 rings (SSSR count). The Morgan fingerprint density at radius 2 is 2.33 bits per heavy atom. The molecule has 0 amide bonds. The van der Waals surface area contributed by atoms with Crippen molar-refractivity contribution < 1.29 is 0 Å². The van der Waals surface area contributed by atoms with Crippen LogP contribution in [0.2, 0.25) is 0 Å². The molecule has 0 saturated heterocycles. The van der Waals surface area contributed by atoms with Gasteiger partial charge in [-0.25, -0.2) is 0 Å². The Balaban J connectivity index is 3.96. The summed E-state index contributed by atoms with van der Waals surface area (Å²) < 4.78 is 0. The molecule has 0 atom stereocenters. The summed E-state index contributed by atoms with van der Waals surface area (Å²) in [7, 11) is 0. The third-order valence-electron chi connectivity index (χ3n) is 0.895. The molecule has 0 nitrogen and oxygen atoms in total. The highest BCUT2D eigenvalue weighted by Gasteiger charge is 1.81. The fourth-order valence-electron chi connectivity index (χ4n) is 0.526. The molecule has 0 aromatic rings. The van der Waals surface area contributed by atoms with Gasteiger partial charge in [0.05, 0.1) is 0 Å². The minimum Gasteiger partial charge on any atom is -0.175 e. The van der Waals surface area contributed by atoms with Gasteiger partial charge in [0.2, 0.25) is 0 Å². The second-order valence-corrected chi connectivity index (χ2v) is 1.95. The van der Waals surface area contributed by atoms with Crippen molar-refractivity contribution in [3.8, 4) is 0 Å². The lowest BCUT2D eigenvalue weighted by Gasteiger charge is -1.90. The molecule has 0 aliphatic heterocycles. The van der Waals surface area contributed by atoms with Crippen LogP contribution in [0.4, 0.5) is 0 Å². The molecule has 0 spiro atoms. The van der Waals surface area contributed by atoms with Crippen molar-refractivity contribution in [2.24, 2.45) is 0 Å². The third kappa shape index (κ3) is 4.10. The highest BCUT2D eigenvalue weighted by atomic mass is 32.1. The van der Waals surface area contributed by atoms with E-state index in [1.807, 2.05) is 25.2 Å². The predicted octanol–water partition coefficient (Wildman–Crippen LogP) is 2.60. The van der Waals surface area contributed by atoms with Crippen LogP contribution in [0.5, 0.6) is 0 Å². The molecule has 0 saturated carbocycles. The van der Waals surface area contributed by atoms with E-state index in [-0.39, 0.29) is 0 Å². The first-order valence-corrected chi connectivity index (χ1v) is 3.53. The first kappa shape index (κ1) is 8.57. The second-order valence-electron chi connectivity index (χ2n) is 1.64. The summed E-state index contributed by atoms with van der Waals surface area (Å²) >= 11 is 4.12. The van der Waals surface area contributed by atoms with Gasteiger partial charge in [0.25, 0.3) is 0 Å². The number of rotatable bonds is 3. The Hall–Kier alpha value is -0.430. The fraction of sp³-hybridized carbons (Fsp3) is 0.250. The van der Waals surface area contributed by atoms with Gasteiger partial charge < -0.3 is 0 Å². The number of allylic oxidation sites excluding steroid dienone is 4. The third-order valence-corrected chi connectivity index (χ3v) is 1.26. The molecular weight excluding hydrogens is 128 g/mol. The molecule has 0 radical (unpaired) electrons. The smallest absolute Gasteiger partial charge is 0.0154 e. The topological polar surface area (TPSA) is 0 Å². The highest BCUT2D eigenvalue weighted by Crippen LogP contribution is 1.98. The van der Waals surface area contributed by atoms with Crippen molar-refractivity contribution in [1.82, 2.24) is 0 Å². The van der Waals surface area contributed by atoms with Gasteiger partial charge in [0.15, 0.2) is 0 Å². The van der Waals surface area contributed by atoms with Crippen LogP contribution in [0.3, 0.4) is 0 Å². The van der Waals surface area contributed by atoms with Gasteiger partial charge in [-0.2, -0.15) is 12.6 Å². The summed E-state index contributed by atoms with van der Waals surface area (Å²) in [6.07, 6.45) is 7.73. The van der Waals surface area contributed by atoms with E-state index in [0.29, 0.717) is 0 Å².